The van der Waals surface area contributed by atoms with Gasteiger partial charge in [0, 0.05) is 17.1 Å². The van der Waals surface area contributed by atoms with Crippen LogP contribution in [-0.2, 0) is 3.79 Å². The maximum atomic E-state index is 6.03. The third-order valence-corrected chi connectivity index (χ3v) is 4.00. The van der Waals surface area contributed by atoms with Crippen LogP contribution in [-0.4, -0.2) is 12.1 Å². The monoisotopic (exact) mass is 351 g/mol. The van der Waals surface area contributed by atoms with E-state index < -0.39 is 3.79 Å². The van der Waals surface area contributed by atoms with Crippen LogP contribution in [0, 0.1) is 0 Å². The molecule has 2 aromatic carbocycles. The van der Waals surface area contributed by atoms with E-state index in [9.17, 15) is 0 Å². The standard InChI is InChI=1S/C17H12Cl3NO/c1-22-12-8-6-11(7-9-12)15-10-21-16(17(18,19)20)14-5-3-2-4-13(14)15/h2-10H,1H3. The molecule has 0 saturated carbocycles. The lowest BCUT2D eigenvalue weighted by Gasteiger charge is -2.15. The lowest BCUT2D eigenvalue weighted by molar-refractivity contribution is 0.415. The van der Waals surface area contributed by atoms with Gasteiger partial charge < -0.3 is 4.74 Å². The second-order valence-electron chi connectivity index (χ2n) is 4.79. The minimum Gasteiger partial charge on any atom is -0.497 e. The molecule has 0 radical (unpaired) electrons. The first-order valence-corrected chi connectivity index (χ1v) is 7.73. The molecular formula is C17H12Cl3NO. The SMILES string of the molecule is COc1ccc(-c2cnc(C(Cl)(Cl)Cl)c3ccccc23)cc1. The fourth-order valence-electron chi connectivity index (χ4n) is 2.42. The topological polar surface area (TPSA) is 22.1 Å². The quantitative estimate of drug-likeness (QED) is 0.549. The van der Waals surface area contributed by atoms with E-state index in [1.807, 2.05) is 48.5 Å². The molecule has 0 atom stereocenters. The fourth-order valence-corrected chi connectivity index (χ4v) is 2.87. The second kappa shape index (κ2) is 5.96. The number of pyridine rings is 1. The van der Waals surface area contributed by atoms with Crippen molar-refractivity contribution in [2.45, 2.75) is 3.79 Å². The molecule has 0 unspecified atom stereocenters. The van der Waals surface area contributed by atoms with Crippen molar-refractivity contribution in [1.29, 1.82) is 0 Å². The summed E-state index contributed by atoms with van der Waals surface area (Å²) in [5.41, 5.74) is 2.45. The highest BCUT2D eigenvalue weighted by molar-refractivity contribution is 6.67. The summed E-state index contributed by atoms with van der Waals surface area (Å²) in [6.45, 7) is 0. The number of methoxy groups -OCH3 is 1. The van der Waals surface area contributed by atoms with E-state index in [0.29, 0.717) is 5.69 Å². The molecule has 0 spiro atoms. The van der Waals surface area contributed by atoms with Crippen LogP contribution in [0.3, 0.4) is 0 Å². The van der Waals surface area contributed by atoms with Gasteiger partial charge >= 0.3 is 0 Å². The molecule has 22 heavy (non-hydrogen) atoms. The number of alkyl halides is 3. The van der Waals surface area contributed by atoms with Crippen LogP contribution >= 0.6 is 34.8 Å². The average Bonchev–Trinajstić information content (AvgIpc) is 2.53. The van der Waals surface area contributed by atoms with E-state index in [1.54, 1.807) is 13.3 Å². The predicted octanol–water partition coefficient (Wildman–Crippen LogP) is 5.74. The van der Waals surface area contributed by atoms with Crippen molar-refractivity contribution >= 4 is 45.6 Å². The van der Waals surface area contributed by atoms with Gasteiger partial charge in [-0.25, -0.2) is 0 Å². The van der Waals surface area contributed by atoms with Gasteiger partial charge in [-0.1, -0.05) is 71.2 Å². The number of rotatable bonds is 2. The number of benzene rings is 2. The highest BCUT2D eigenvalue weighted by atomic mass is 35.6. The summed E-state index contributed by atoms with van der Waals surface area (Å²) in [5.74, 6) is 0.805. The number of halogens is 3. The number of aromatic nitrogens is 1. The number of ether oxygens (including phenoxy) is 1. The minimum absolute atomic E-state index is 0.436. The lowest BCUT2D eigenvalue weighted by Crippen LogP contribution is -2.05. The molecule has 0 fully saturated rings. The molecular weight excluding hydrogens is 341 g/mol. The van der Waals surface area contributed by atoms with Crippen molar-refractivity contribution < 1.29 is 4.74 Å². The maximum absolute atomic E-state index is 6.03. The van der Waals surface area contributed by atoms with E-state index in [2.05, 4.69) is 4.98 Å². The summed E-state index contributed by atoms with van der Waals surface area (Å²) in [6, 6.07) is 15.6. The molecule has 1 aromatic heterocycles. The maximum Gasteiger partial charge on any atom is 0.233 e. The van der Waals surface area contributed by atoms with Crippen LogP contribution < -0.4 is 4.74 Å². The molecule has 0 amide bonds. The van der Waals surface area contributed by atoms with Crippen LogP contribution in [0.1, 0.15) is 5.69 Å². The molecule has 0 bridgehead atoms. The fraction of sp³-hybridized carbons (Fsp3) is 0.118. The number of nitrogens with zero attached hydrogens (tertiary/aromatic N) is 1. The van der Waals surface area contributed by atoms with Gasteiger partial charge in [0.2, 0.25) is 3.79 Å². The zero-order chi connectivity index (χ0) is 15.7. The van der Waals surface area contributed by atoms with Gasteiger partial charge in [0.15, 0.2) is 0 Å². The van der Waals surface area contributed by atoms with Crippen LogP contribution in [0.15, 0.2) is 54.7 Å². The van der Waals surface area contributed by atoms with Gasteiger partial charge in [-0.2, -0.15) is 0 Å². The molecule has 0 aliphatic carbocycles. The summed E-state index contributed by atoms with van der Waals surface area (Å²) in [5, 5.41) is 1.82. The first kappa shape index (κ1) is 15.4. The molecule has 5 heteroatoms. The zero-order valence-corrected chi connectivity index (χ0v) is 14.0. The Bertz CT molecular complexity index is 810. The van der Waals surface area contributed by atoms with Crippen molar-refractivity contribution in [3.8, 4) is 16.9 Å². The molecule has 2 nitrogen and oxygen atoms in total. The van der Waals surface area contributed by atoms with Crippen molar-refractivity contribution in [2.75, 3.05) is 7.11 Å². The Morgan fingerprint density at radius 3 is 2.14 bits per heavy atom. The highest BCUT2D eigenvalue weighted by Crippen LogP contribution is 2.42. The van der Waals surface area contributed by atoms with Gasteiger partial charge in [0.25, 0.3) is 0 Å². The summed E-state index contributed by atoms with van der Waals surface area (Å²) in [6.07, 6.45) is 1.74. The Balaban J connectivity index is 2.23. The normalized spacial score (nSPS) is 11.6. The Kier molecular flexibility index (Phi) is 4.18. The van der Waals surface area contributed by atoms with Crippen molar-refractivity contribution in [2.24, 2.45) is 0 Å². The Hall–Kier alpha value is -1.48. The number of fused-ring (bicyclic) bond motifs is 1. The second-order valence-corrected chi connectivity index (χ2v) is 7.07. The third-order valence-electron chi connectivity index (χ3n) is 3.46. The van der Waals surface area contributed by atoms with E-state index in [1.165, 1.54) is 0 Å². The van der Waals surface area contributed by atoms with Gasteiger partial charge in [-0.05, 0) is 23.1 Å². The molecule has 3 rings (SSSR count). The minimum atomic E-state index is -1.56. The molecule has 1 heterocycles. The van der Waals surface area contributed by atoms with Gasteiger partial charge in [-0.15, -0.1) is 0 Å². The lowest BCUT2D eigenvalue weighted by atomic mass is 9.99. The number of hydrogen-bond donors (Lipinski definition) is 0. The molecule has 0 N–H and O–H groups in total. The van der Waals surface area contributed by atoms with Crippen LogP contribution in [0.5, 0.6) is 5.75 Å². The smallest absolute Gasteiger partial charge is 0.233 e. The molecule has 112 valence electrons. The average molecular weight is 353 g/mol. The third kappa shape index (κ3) is 2.87. The largest absolute Gasteiger partial charge is 0.497 e. The number of hydrogen-bond acceptors (Lipinski definition) is 2. The van der Waals surface area contributed by atoms with Gasteiger partial charge in [0.1, 0.15) is 5.75 Å². The molecule has 3 aromatic rings. The molecule has 0 aliphatic rings. The van der Waals surface area contributed by atoms with Gasteiger partial charge in [0.05, 0.1) is 12.8 Å². The summed E-state index contributed by atoms with van der Waals surface area (Å²) >= 11 is 18.1. The molecule has 0 aliphatic heterocycles. The van der Waals surface area contributed by atoms with Crippen LogP contribution in [0.2, 0.25) is 0 Å². The Morgan fingerprint density at radius 2 is 1.55 bits per heavy atom. The predicted molar refractivity (Wildman–Crippen MR) is 93.0 cm³/mol. The first-order chi connectivity index (χ1) is 10.5. The molecule has 0 saturated heterocycles. The van der Waals surface area contributed by atoms with E-state index >= 15 is 0 Å². The van der Waals surface area contributed by atoms with E-state index in [4.69, 9.17) is 39.5 Å². The zero-order valence-electron chi connectivity index (χ0n) is 11.7. The van der Waals surface area contributed by atoms with E-state index in [0.717, 1.165) is 27.6 Å². The summed E-state index contributed by atoms with van der Waals surface area (Å²) < 4.78 is 3.63. The van der Waals surface area contributed by atoms with Crippen molar-refractivity contribution in [3.63, 3.8) is 0 Å². The van der Waals surface area contributed by atoms with Crippen molar-refractivity contribution in [3.05, 3.63) is 60.4 Å². The summed E-state index contributed by atoms with van der Waals surface area (Å²) in [7, 11) is 1.64. The summed E-state index contributed by atoms with van der Waals surface area (Å²) in [4.78, 5) is 4.37. The van der Waals surface area contributed by atoms with E-state index in [-0.39, 0.29) is 0 Å². The Labute approximate surface area is 143 Å². The van der Waals surface area contributed by atoms with Crippen LogP contribution in [0.25, 0.3) is 21.9 Å². The van der Waals surface area contributed by atoms with Gasteiger partial charge in [-0.3, -0.25) is 4.98 Å². The first-order valence-electron chi connectivity index (χ1n) is 6.60. The highest BCUT2D eigenvalue weighted by Gasteiger charge is 2.27. The Morgan fingerprint density at radius 1 is 0.909 bits per heavy atom. The van der Waals surface area contributed by atoms with Crippen molar-refractivity contribution in [1.82, 2.24) is 4.98 Å². The van der Waals surface area contributed by atoms with Crippen LogP contribution in [0.4, 0.5) is 0 Å².